The Morgan fingerprint density at radius 3 is 2.52 bits per heavy atom. The number of hydrogen-bond acceptors (Lipinski definition) is 4. The van der Waals surface area contributed by atoms with Crippen molar-refractivity contribution < 1.29 is 9.47 Å². The second-order valence-corrected chi connectivity index (χ2v) is 4.94. The predicted molar refractivity (Wildman–Crippen MR) is 83.0 cm³/mol. The molecule has 0 fully saturated rings. The molecule has 1 aromatic heterocycles. The standard InChI is InChI=1S/C16H23N3O2/c1-6-17-15(16-14(21-5)10-18-19(16)3)12-7-8-13(20-4)11(2)9-12/h7-10,15,17H,6H2,1-5H3. The van der Waals surface area contributed by atoms with Crippen LogP contribution in [-0.2, 0) is 7.05 Å². The lowest BCUT2D eigenvalue weighted by Gasteiger charge is -2.21. The van der Waals surface area contributed by atoms with Gasteiger partial charge in [-0.25, -0.2) is 0 Å². The molecule has 0 saturated carbocycles. The molecule has 0 saturated heterocycles. The number of aryl methyl sites for hydroxylation is 2. The van der Waals surface area contributed by atoms with Crippen molar-refractivity contribution in [3.63, 3.8) is 0 Å². The van der Waals surface area contributed by atoms with Gasteiger partial charge in [0.25, 0.3) is 0 Å². The maximum Gasteiger partial charge on any atom is 0.161 e. The van der Waals surface area contributed by atoms with Crippen molar-refractivity contribution in [1.29, 1.82) is 0 Å². The predicted octanol–water partition coefficient (Wildman–Crippen LogP) is 2.44. The monoisotopic (exact) mass is 289 g/mol. The molecule has 0 aliphatic heterocycles. The van der Waals surface area contributed by atoms with Gasteiger partial charge in [-0.05, 0) is 30.7 Å². The van der Waals surface area contributed by atoms with Crippen molar-refractivity contribution in [3.8, 4) is 11.5 Å². The Balaban J connectivity index is 2.48. The topological polar surface area (TPSA) is 48.3 Å². The Hall–Kier alpha value is -2.01. The van der Waals surface area contributed by atoms with E-state index in [0.717, 1.165) is 34.9 Å². The minimum atomic E-state index is 0.0297. The van der Waals surface area contributed by atoms with Gasteiger partial charge in [-0.15, -0.1) is 0 Å². The largest absolute Gasteiger partial charge is 0.496 e. The molecule has 5 nitrogen and oxygen atoms in total. The van der Waals surface area contributed by atoms with Crippen LogP contribution in [0.2, 0.25) is 0 Å². The van der Waals surface area contributed by atoms with Crippen LogP contribution < -0.4 is 14.8 Å². The zero-order valence-corrected chi connectivity index (χ0v) is 13.3. The minimum Gasteiger partial charge on any atom is -0.496 e. The smallest absolute Gasteiger partial charge is 0.161 e. The first-order valence-electron chi connectivity index (χ1n) is 7.06. The van der Waals surface area contributed by atoms with Crippen LogP contribution in [0, 0.1) is 6.92 Å². The van der Waals surface area contributed by atoms with Gasteiger partial charge in [0.2, 0.25) is 0 Å². The van der Waals surface area contributed by atoms with E-state index in [1.54, 1.807) is 20.4 Å². The molecular formula is C16H23N3O2. The highest BCUT2D eigenvalue weighted by Crippen LogP contribution is 2.31. The molecule has 0 aliphatic rings. The van der Waals surface area contributed by atoms with Crippen molar-refractivity contribution >= 4 is 0 Å². The summed E-state index contributed by atoms with van der Waals surface area (Å²) in [5.41, 5.74) is 3.29. The van der Waals surface area contributed by atoms with Crippen molar-refractivity contribution in [2.24, 2.45) is 7.05 Å². The van der Waals surface area contributed by atoms with E-state index in [1.807, 2.05) is 24.7 Å². The van der Waals surface area contributed by atoms with Crippen molar-refractivity contribution in [2.45, 2.75) is 19.9 Å². The molecule has 0 radical (unpaired) electrons. The molecule has 1 aromatic carbocycles. The highest BCUT2D eigenvalue weighted by atomic mass is 16.5. The van der Waals surface area contributed by atoms with Crippen LogP contribution >= 0.6 is 0 Å². The van der Waals surface area contributed by atoms with E-state index in [4.69, 9.17) is 9.47 Å². The van der Waals surface area contributed by atoms with Crippen LogP contribution in [0.25, 0.3) is 0 Å². The number of benzene rings is 1. The van der Waals surface area contributed by atoms with E-state index in [1.165, 1.54) is 0 Å². The Morgan fingerprint density at radius 1 is 1.24 bits per heavy atom. The van der Waals surface area contributed by atoms with Crippen LogP contribution in [-0.4, -0.2) is 30.5 Å². The molecule has 1 heterocycles. The van der Waals surface area contributed by atoms with Gasteiger partial charge in [-0.2, -0.15) is 5.10 Å². The number of methoxy groups -OCH3 is 2. The van der Waals surface area contributed by atoms with Crippen molar-refractivity contribution in [3.05, 3.63) is 41.2 Å². The Bertz CT molecular complexity index is 608. The lowest BCUT2D eigenvalue weighted by atomic mass is 10.0. The van der Waals surface area contributed by atoms with E-state index in [0.29, 0.717) is 0 Å². The third-order valence-electron chi connectivity index (χ3n) is 3.60. The first kappa shape index (κ1) is 15.4. The van der Waals surface area contributed by atoms with Crippen molar-refractivity contribution in [1.82, 2.24) is 15.1 Å². The van der Waals surface area contributed by atoms with Crippen LogP contribution in [0.1, 0.15) is 29.8 Å². The fourth-order valence-electron chi connectivity index (χ4n) is 2.57. The van der Waals surface area contributed by atoms with E-state index in [2.05, 4.69) is 29.5 Å². The van der Waals surface area contributed by atoms with E-state index in [-0.39, 0.29) is 6.04 Å². The van der Waals surface area contributed by atoms with Gasteiger partial charge in [-0.1, -0.05) is 19.1 Å². The van der Waals surface area contributed by atoms with Gasteiger partial charge in [0.15, 0.2) is 5.75 Å². The number of ether oxygens (including phenoxy) is 2. The second-order valence-electron chi connectivity index (χ2n) is 4.94. The number of aromatic nitrogens is 2. The normalized spacial score (nSPS) is 12.2. The summed E-state index contributed by atoms with van der Waals surface area (Å²) in [7, 11) is 5.29. The molecule has 2 rings (SSSR count). The summed E-state index contributed by atoms with van der Waals surface area (Å²) in [6.45, 7) is 4.99. The maximum absolute atomic E-state index is 5.44. The molecule has 0 bridgehead atoms. The molecule has 5 heteroatoms. The van der Waals surface area contributed by atoms with Gasteiger partial charge in [0.05, 0.1) is 26.5 Å². The zero-order chi connectivity index (χ0) is 15.4. The second kappa shape index (κ2) is 6.63. The molecule has 21 heavy (non-hydrogen) atoms. The van der Waals surface area contributed by atoms with Gasteiger partial charge in [0.1, 0.15) is 11.4 Å². The van der Waals surface area contributed by atoms with Gasteiger partial charge in [0, 0.05) is 7.05 Å². The molecule has 0 spiro atoms. The maximum atomic E-state index is 5.44. The molecule has 1 N–H and O–H groups in total. The molecular weight excluding hydrogens is 266 g/mol. The third-order valence-corrected chi connectivity index (χ3v) is 3.60. The molecule has 0 amide bonds. The average molecular weight is 289 g/mol. The highest BCUT2D eigenvalue weighted by Gasteiger charge is 2.22. The summed E-state index contributed by atoms with van der Waals surface area (Å²) in [6, 6.07) is 6.24. The van der Waals surface area contributed by atoms with Crippen molar-refractivity contribution in [2.75, 3.05) is 20.8 Å². The SMILES string of the molecule is CCNC(c1ccc(OC)c(C)c1)c1c(OC)cnn1C. The summed E-state index contributed by atoms with van der Waals surface area (Å²) in [6.07, 6.45) is 1.75. The van der Waals surface area contributed by atoms with Gasteiger partial charge < -0.3 is 14.8 Å². The number of nitrogens with zero attached hydrogens (tertiary/aromatic N) is 2. The number of rotatable bonds is 6. The summed E-state index contributed by atoms with van der Waals surface area (Å²) in [5.74, 6) is 1.68. The Morgan fingerprint density at radius 2 is 1.95 bits per heavy atom. The third kappa shape index (κ3) is 3.03. The fourth-order valence-corrected chi connectivity index (χ4v) is 2.57. The molecule has 1 unspecified atom stereocenters. The minimum absolute atomic E-state index is 0.0297. The fraction of sp³-hybridized carbons (Fsp3) is 0.438. The lowest BCUT2D eigenvalue weighted by Crippen LogP contribution is -2.24. The quantitative estimate of drug-likeness (QED) is 0.887. The zero-order valence-electron chi connectivity index (χ0n) is 13.3. The summed E-state index contributed by atoms with van der Waals surface area (Å²) in [5, 5.41) is 7.80. The van der Waals surface area contributed by atoms with Crippen LogP contribution in [0.3, 0.4) is 0 Å². The van der Waals surface area contributed by atoms with Gasteiger partial charge >= 0.3 is 0 Å². The van der Waals surface area contributed by atoms with E-state index >= 15 is 0 Å². The first-order chi connectivity index (χ1) is 10.1. The summed E-state index contributed by atoms with van der Waals surface area (Å²) >= 11 is 0. The molecule has 114 valence electrons. The lowest BCUT2D eigenvalue weighted by molar-refractivity contribution is 0.400. The number of nitrogens with one attached hydrogen (secondary N) is 1. The van der Waals surface area contributed by atoms with E-state index in [9.17, 15) is 0 Å². The molecule has 2 aromatic rings. The first-order valence-corrected chi connectivity index (χ1v) is 7.06. The van der Waals surface area contributed by atoms with Crippen LogP contribution in [0.4, 0.5) is 0 Å². The number of hydrogen-bond donors (Lipinski definition) is 1. The van der Waals surface area contributed by atoms with E-state index < -0.39 is 0 Å². The molecule has 0 aliphatic carbocycles. The van der Waals surface area contributed by atoms with Crippen LogP contribution in [0.15, 0.2) is 24.4 Å². The molecule has 1 atom stereocenters. The summed E-state index contributed by atoms with van der Waals surface area (Å²) in [4.78, 5) is 0. The Kier molecular flexibility index (Phi) is 4.85. The summed E-state index contributed by atoms with van der Waals surface area (Å²) < 4.78 is 12.6. The average Bonchev–Trinajstić information content (AvgIpc) is 2.85. The van der Waals surface area contributed by atoms with Crippen LogP contribution in [0.5, 0.6) is 11.5 Å². The van der Waals surface area contributed by atoms with Gasteiger partial charge in [-0.3, -0.25) is 4.68 Å². The Labute approximate surface area is 125 Å². The highest BCUT2D eigenvalue weighted by molar-refractivity contribution is 5.42.